The van der Waals surface area contributed by atoms with Crippen LogP contribution in [0.1, 0.15) is 23.3 Å². The maximum Gasteiger partial charge on any atom is 0.224 e. The van der Waals surface area contributed by atoms with E-state index in [0.717, 1.165) is 48.9 Å². The number of hydrogen-bond acceptors (Lipinski definition) is 4. The lowest BCUT2D eigenvalue weighted by Gasteiger charge is -2.45. The molecule has 1 aliphatic rings. The first-order chi connectivity index (χ1) is 14.5. The molecular formula is C23H29FN4OS. The van der Waals surface area contributed by atoms with Crippen molar-refractivity contribution >= 4 is 28.1 Å². The highest BCUT2D eigenvalue weighted by Gasteiger charge is 2.38. The third kappa shape index (κ3) is 4.29. The van der Waals surface area contributed by atoms with E-state index in [1.54, 1.807) is 12.3 Å². The summed E-state index contributed by atoms with van der Waals surface area (Å²) in [4.78, 5) is 21.7. The molecule has 0 radical (unpaired) electrons. The Kier molecular flexibility index (Phi) is 6.22. The van der Waals surface area contributed by atoms with Crippen LogP contribution in [0.25, 0.3) is 10.9 Å². The summed E-state index contributed by atoms with van der Waals surface area (Å²) in [6.07, 6.45) is 4.29. The number of hydrogen-bond donors (Lipinski definition) is 2. The maximum absolute atomic E-state index is 13.3. The lowest BCUT2D eigenvalue weighted by Crippen LogP contribution is -2.51. The van der Waals surface area contributed by atoms with Gasteiger partial charge >= 0.3 is 0 Å². The topological polar surface area (TPSA) is 51.4 Å². The minimum Gasteiger partial charge on any atom is -0.361 e. The van der Waals surface area contributed by atoms with Crippen molar-refractivity contribution in [2.45, 2.75) is 24.8 Å². The molecule has 30 heavy (non-hydrogen) atoms. The number of likely N-dealkylation sites (tertiary alicyclic amines) is 1. The third-order valence-electron chi connectivity index (χ3n) is 6.35. The van der Waals surface area contributed by atoms with Gasteiger partial charge in [0.25, 0.3) is 0 Å². The van der Waals surface area contributed by atoms with Gasteiger partial charge in [-0.05, 0) is 62.1 Å². The van der Waals surface area contributed by atoms with Gasteiger partial charge in [-0.1, -0.05) is 6.07 Å². The summed E-state index contributed by atoms with van der Waals surface area (Å²) in [7, 11) is 4.35. The predicted octanol–water partition coefficient (Wildman–Crippen LogP) is 3.58. The fourth-order valence-electron chi connectivity index (χ4n) is 4.50. The van der Waals surface area contributed by atoms with Crippen LogP contribution in [0.4, 0.5) is 4.39 Å². The van der Waals surface area contributed by atoms with Crippen molar-refractivity contribution in [3.8, 4) is 0 Å². The Bertz CT molecular complexity index is 990. The van der Waals surface area contributed by atoms with Gasteiger partial charge < -0.3 is 15.2 Å². The Morgan fingerprint density at radius 3 is 2.80 bits per heavy atom. The molecule has 0 aliphatic carbocycles. The number of rotatable bonds is 7. The maximum atomic E-state index is 13.3. The average molecular weight is 429 g/mol. The SMILES string of the molecule is CN(C)C1(c2cccs2)CCN(CCNC(=O)Cc2c[nH]c3cc(F)ccc23)CC1. The molecule has 0 unspecified atom stereocenters. The molecule has 1 aromatic carbocycles. The molecule has 2 N–H and O–H groups in total. The molecule has 1 amide bonds. The van der Waals surface area contributed by atoms with E-state index in [0.29, 0.717) is 13.0 Å². The Hall–Kier alpha value is -2.22. The van der Waals surface area contributed by atoms with E-state index >= 15 is 0 Å². The number of nitrogens with one attached hydrogen (secondary N) is 2. The summed E-state index contributed by atoms with van der Waals surface area (Å²) in [5, 5.41) is 6.10. The van der Waals surface area contributed by atoms with E-state index in [2.05, 4.69) is 51.7 Å². The first-order valence-corrected chi connectivity index (χ1v) is 11.3. The number of fused-ring (bicyclic) bond motifs is 1. The predicted molar refractivity (Wildman–Crippen MR) is 120 cm³/mol. The smallest absolute Gasteiger partial charge is 0.224 e. The van der Waals surface area contributed by atoms with Crippen LogP contribution in [0, 0.1) is 5.82 Å². The van der Waals surface area contributed by atoms with Crippen LogP contribution in [-0.4, -0.2) is 61.0 Å². The number of nitrogens with zero attached hydrogens (tertiary/aromatic N) is 2. The molecule has 1 aliphatic heterocycles. The number of aromatic amines is 1. The number of halogens is 1. The second kappa shape index (κ2) is 8.88. The number of aromatic nitrogens is 1. The normalized spacial score (nSPS) is 16.9. The van der Waals surface area contributed by atoms with Crippen LogP contribution in [0.5, 0.6) is 0 Å². The molecule has 7 heteroatoms. The minimum absolute atomic E-state index is 0.00143. The van der Waals surface area contributed by atoms with Crippen molar-refractivity contribution < 1.29 is 9.18 Å². The van der Waals surface area contributed by atoms with Gasteiger partial charge in [0.1, 0.15) is 5.82 Å². The van der Waals surface area contributed by atoms with Crippen LogP contribution < -0.4 is 5.32 Å². The number of piperidine rings is 1. The summed E-state index contributed by atoms with van der Waals surface area (Å²) in [5.74, 6) is -0.280. The number of carbonyl (C=O) groups is 1. The standard InChI is InChI=1S/C23H29FN4OS/c1-27(2)23(21-4-3-13-30-21)7-10-28(11-8-23)12-9-25-22(29)14-17-16-26-20-15-18(24)5-6-19(17)20/h3-6,13,15-16,26H,7-12,14H2,1-2H3,(H,25,29). The van der Waals surface area contributed by atoms with E-state index in [1.165, 1.54) is 17.0 Å². The summed E-state index contributed by atoms with van der Waals surface area (Å²) >= 11 is 1.84. The van der Waals surface area contributed by atoms with Gasteiger partial charge in [0, 0.05) is 48.2 Å². The second-order valence-corrected chi connectivity index (χ2v) is 9.22. The van der Waals surface area contributed by atoms with Crippen molar-refractivity contribution in [2.24, 2.45) is 0 Å². The van der Waals surface area contributed by atoms with Gasteiger partial charge in [-0.3, -0.25) is 9.69 Å². The van der Waals surface area contributed by atoms with Gasteiger partial charge in [0.05, 0.1) is 12.0 Å². The molecule has 4 rings (SSSR count). The number of amides is 1. The van der Waals surface area contributed by atoms with E-state index < -0.39 is 0 Å². The zero-order valence-corrected chi connectivity index (χ0v) is 18.4. The van der Waals surface area contributed by atoms with Crippen LogP contribution in [-0.2, 0) is 16.8 Å². The zero-order valence-electron chi connectivity index (χ0n) is 17.6. The Balaban J connectivity index is 1.25. The summed E-state index contributed by atoms with van der Waals surface area (Å²) in [6.45, 7) is 3.56. The number of carbonyl (C=O) groups excluding carboxylic acids is 1. The molecule has 0 bridgehead atoms. The first kappa shape index (κ1) is 21.0. The monoisotopic (exact) mass is 428 g/mol. The Morgan fingerprint density at radius 1 is 1.30 bits per heavy atom. The average Bonchev–Trinajstić information content (AvgIpc) is 3.39. The molecule has 3 aromatic rings. The minimum atomic E-state index is -0.278. The van der Waals surface area contributed by atoms with E-state index in [4.69, 9.17) is 0 Å². The van der Waals surface area contributed by atoms with E-state index in [1.807, 2.05) is 11.3 Å². The molecule has 0 saturated carbocycles. The summed E-state index contributed by atoms with van der Waals surface area (Å²) < 4.78 is 13.3. The highest BCUT2D eigenvalue weighted by Crippen LogP contribution is 2.39. The van der Waals surface area contributed by atoms with Crippen LogP contribution >= 0.6 is 11.3 Å². The third-order valence-corrected chi connectivity index (χ3v) is 7.41. The summed E-state index contributed by atoms with van der Waals surface area (Å²) in [5.41, 5.74) is 1.75. The molecule has 160 valence electrons. The molecule has 5 nitrogen and oxygen atoms in total. The van der Waals surface area contributed by atoms with Crippen LogP contribution in [0.2, 0.25) is 0 Å². The number of thiophene rings is 1. The highest BCUT2D eigenvalue weighted by molar-refractivity contribution is 7.10. The van der Waals surface area contributed by atoms with Gasteiger partial charge in [-0.25, -0.2) is 4.39 Å². The lowest BCUT2D eigenvalue weighted by atomic mass is 9.84. The van der Waals surface area contributed by atoms with Gasteiger partial charge in [0.15, 0.2) is 0 Å². The molecule has 3 heterocycles. The van der Waals surface area contributed by atoms with Crippen molar-refractivity contribution in [3.63, 3.8) is 0 Å². The quantitative estimate of drug-likeness (QED) is 0.605. The Morgan fingerprint density at radius 2 is 2.10 bits per heavy atom. The fraction of sp³-hybridized carbons (Fsp3) is 0.435. The lowest BCUT2D eigenvalue weighted by molar-refractivity contribution is -0.120. The molecule has 2 aromatic heterocycles. The van der Waals surface area contributed by atoms with Crippen LogP contribution in [0.3, 0.4) is 0 Å². The molecule has 0 atom stereocenters. The van der Waals surface area contributed by atoms with Crippen LogP contribution in [0.15, 0.2) is 41.9 Å². The zero-order chi connectivity index (χ0) is 21.1. The molecule has 1 saturated heterocycles. The van der Waals surface area contributed by atoms with Crippen molar-refractivity contribution in [2.75, 3.05) is 40.3 Å². The largest absolute Gasteiger partial charge is 0.361 e. The number of H-pyrrole nitrogens is 1. The van der Waals surface area contributed by atoms with E-state index in [-0.39, 0.29) is 17.3 Å². The molecular weight excluding hydrogens is 399 g/mol. The van der Waals surface area contributed by atoms with Crippen molar-refractivity contribution in [1.29, 1.82) is 0 Å². The molecule has 0 spiro atoms. The fourth-order valence-corrected chi connectivity index (χ4v) is 5.56. The summed E-state index contributed by atoms with van der Waals surface area (Å²) in [6, 6.07) is 8.99. The Labute approximate surface area is 180 Å². The highest BCUT2D eigenvalue weighted by atomic mass is 32.1. The van der Waals surface area contributed by atoms with Gasteiger partial charge in [-0.2, -0.15) is 0 Å². The van der Waals surface area contributed by atoms with E-state index in [9.17, 15) is 9.18 Å². The van der Waals surface area contributed by atoms with Gasteiger partial charge in [0.2, 0.25) is 5.91 Å². The van der Waals surface area contributed by atoms with Crippen molar-refractivity contribution in [1.82, 2.24) is 20.1 Å². The van der Waals surface area contributed by atoms with Gasteiger partial charge in [-0.15, -0.1) is 11.3 Å². The second-order valence-electron chi connectivity index (χ2n) is 8.28. The number of benzene rings is 1. The van der Waals surface area contributed by atoms with Crippen molar-refractivity contribution in [3.05, 3.63) is 58.2 Å². The first-order valence-electron chi connectivity index (χ1n) is 10.4. The molecule has 1 fully saturated rings.